The van der Waals surface area contributed by atoms with Gasteiger partial charge in [0.25, 0.3) is 0 Å². The van der Waals surface area contributed by atoms with Crippen LogP contribution in [0.2, 0.25) is 0 Å². The first-order valence-corrected chi connectivity index (χ1v) is 8.30. The van der Waals surface area contributed by atoms with Crippen LogP contribution in [0.4, 0.5) is 4.39 Å². The quantitative estimate of drug-likeness (QED) is 0.720. The largest absolute Gasteiger partial charge is 0.464 e. The zero-order valence-electron chi connectivity index (χ0n) is 14.5. The summed E-state index contributed by atoms with van der Waals surface area (Å²) in [5.41, 5.74) is 9.72. The van der Waals surface area contributed by atoms with Crippen LogP contribution in [0.3, 0.4) is 0 Å². The van der Waals surface area contributed by atoms with Crippen LogP contribution in [0.15, 0.2) is 30.2 Å². The van der Waals surface area contributed by atoms with Gasteiger partial charge in [-0.05, 0) is 25.5 Å². The molecule has 0 saturated heterocycles. The molecular formula is C17H18FN7O. The Balaban J connectivity index is 1.92. The van der Waals surface area contributed by atoms with Crippen molar-refractivity contribution in [3.05, 3.63) is 41.7 Å². The van der Waals surface area contributed by atoms with Gasteiger partial charge in [-0.3, -0.25) is 4.98 Å². The summed E-state index contributed by atoms with van der Waals surface area (Å²) in [5.74, 6) is 0.174. The van der Waals surface area contributed by atoms with Crippen molar-refractivity contribution >= 4 is 11.2 Å². The Morgan fingerprint density at radius 2 is 2.15 bits per heavy atom. The van der Waals surface area contributed by atoms with Crippen LogP contribution in [0, 0.1) is 12.7 Å². The number of ether oxygens (including phenoxy) is 1. The van der Waals surface area contributed by atoms with Crippen LogP contribution in [0.5, 0.6) is 6.01 Å². The van der Waals surface area contributed by atoms with Crippen molar-refractivity contribution in [2.24, 2.45) is 0 Å². The van der Waals surface area contributed by atoms with Crippen molar-refractivity contribution in [2.75, 3.05) is 13.2 Å². The lowest BCUT2D eigenvalue weighted by atomic mass is 10.2. The summed E-state index contributed by atoms with van der Waals surface area (Å²) in [4.78, 5) is 17.5. The molecule has 4 rings (SSSR count). The number of hydrazine groups is 1. The highest BCUT2D eigenvalue weighted by atomic mass is 19.1. The number of imidazole rings is 1. The minimum absolute atomic E-state index is 0.305. The average molecular weight is 355 g/mol. The number of pyridine rings is 1. The van der Waals surface area contributed by atoms with Crippen LogP contribution in [0.25, 0.3) is 22.6 Å². The molecule has 9 heteroatoms. The van der Waals surface area contributed by atoms with Crippen molar-refractivity contribution < 1.29 is 9.13 Å². The number of hydrogen-bond donors (Lipinski definition) is 2. The van der Waals surface area contributed by atoms with Crippen LogP contribution < -0.4 is 15.6 Å². The van der Waals surface area contributed by atoms with Crippen molar-refractivity contribution in [3.63, 3.8) is 0 Å². The number of hydrogen-bond acceptors (Lipinski definition) is 7. The molecule has 0 atom stereocenters. The van der Waals surface area contributed by atoms with Crippen molar-refractivity contribution in [2.45, 2.75) is 20.4 Å². The predicted molar refractivity (Wildman–Crippen MR) is 93.6 cm³/mol. The lowest BCUT2D eigenvalue weighted by molar-refractivity contribution is 0.313. The van der Waals surface area contributed by atoms with Gasteiger partial charge < -0.3 is 14.7 Å². The minimum Gasteiger partial charge on any atom is -0.464 e. The summed E-state index contributed by atoms with van der Waals surface area (Å²) in [6, 6.07) is 1.72. The Morgan fingerprint density at radius 3 is 2.88 bits per heavy atom. The van der Waals surface area contributed by atoms with Gasteiger partial charge in [0.05, 0.1) is 25.0 Å². The number of nitrogens with one attached hydrogen (secondary N) is 2. The number of halogens is 1. The Kier molecular flexibility index (Phi) is 4.21. The molecule has 0 aromatic carbocycles. The Bertz CT molecular complexity index is 998. The van der Waals surface area contributed by atoms with Crippen molar-refractivity contribution in [1.29, 1.82) is 0 Å². The number of fused-ring (bicyclic) bond motifs is 1. The molecule has 134 valence electrons. The van der Waals surface area contributed by atoms with Gasteiger partial charge in [-0.2, -0.15) is 9.97 Å². The molecule has 2 N–H and O–H groups in total. The van der Waals surface area contributed by atoms with E-state index in [2.05, 4.69) is 30.8 Å². The van der Waals surface area contributed by atoms with Crippen LogP contribution >= 0.6 is 0 Å². The van der Waals surface area contributed by atoms with E-state index >= 15 is 0 Å². The molecule has 0 spiro atoms. The smallest absolute Gasteiger partial charge is 0.318 e. The number of aromatic nitrogens is 5. The van der Waals surface area contributed by atoms with Gasteiger partial charge in [0.1, 0.15) is 17.2 Å². The fraction of sp³-hybridized carbons (Fsp3) is 0.294. The topological polar surface area (TPSA) is 89.8 Å². The summed E-state index contributed by atoms with van der Waals surface area (Å²) in [7, 11) is 0. The third-order valence-corrected chi connectivity index (χ3v) is 4.04. The van der Waals surface area contributed by atoms with E-state index in [1.807, 2.05) is 24.6 Å². The SMILES string of the molecule is CCOc1nc(C)c2nc(-c3cncc(F)c3)n(CC3=CNNC3)c2n1. The molecule has 0 aliphatic carbocycles. The van der Waals surface area contributed by atoms with Gasteiger partial charge in [-0.15, -0.1) is 0 Å². The molecule has 1 aliphatic heterocycles. The van der Waals surface area contributed by atoms with Gasteiger partial charge in [-0.25, -0.2) is 14.8 Å². The van der Waals surface area contributed by atoms with E-state index in [1.165, 1.54) is 12.3 Å². The molecule has 0 unspecified atom stereocenters. The number of nitrogens with zero attached hydrogens (tertiary/aromatic N) is 5. The fourth-order valence-electron chi connectivity index (χ4n) is 2.88. The number of aryl methyl sites for hydroxylation is 1. The first-order chi connectivity index (χ1) is 12.7. The molecule has 26 heavy (non-hydrogen) atoms. The van der Waals surface area contributed by atoms with Crippen molar-refractivity contribution in [1.82, 2.24) is 35.4 Å². The van der Waals surface area contributed by atoms with Gasteiger partial charge >= 0.3 is 6.01 Å². The second-order valence-corrected chi connectivity index (χ2v) is 5.91. The summed E-state index contributed by atoms with van der Waals surface area (Å²) in [5, 5.41) is 0. The van der Waals surface area contributed by atoms with Crippen LogP contribution in [-0.4, -0.2) is 37.7 Å². The van der Waals surface area contributed by atoms with E-state index in [0.29, 0.717) is 54.0 Å². The van der Waals surface area contributed by atoms with Gasteiger partial charge in [0.2, 0.25) is 0 Å². The lowest BCUT2D eigenvalue weighted by Crippen LogP contribution is -2.20. The highest BCUT2D eigenvalue weighted by molar-refractivity contribution is 5.79. The monoisotopic (exact) mass is 355 g/mol. The molecular weight excluding hydrogens is 337 g/mol. The van der Waals surface area contributed by atoms with Crippen LogP contribution in [0.1, 0.15) is 12.6 Å². The third-order valence-electron chi connectivity index (χ3n) is 4.04. The normalized spacial score (nSPS) is 13.7. The molecule has 0 bridgehead atoms. The van der Waals surface area contributed by atoms with Gasteiger partial charge in [0.15, 0.2) is 5.65 Å². The Labute approximate surface area is 149 Å². The molecule has 3 aromatic heterocycles. The summed E-state index contributed by atoms with van der Waals surface area (Å²) < 4.78 is 21.1. The molecule has 0 radical (unpaired) electrons. The molecule has 0 fully saturated rings. The molecule has 8 nitrogen and oxygen atoms in total. The summed E-state index contributed by atoms with van der Waals surface area (Å²) >= 11 is 0. The maximum Gasteiger partial charge on any atom is 0.318 e. The molecule has 0 amide bonds. The third kappa shape index (κ3) is 2.97. The summed E-state index contributed by atoms with van der Waals surface area (Å²) in [6.07, 6.45) is 4.66. The van der Waals surface area contributed by atoms with E-state index in [1.54, 1.807) is 6.20 Å². The molecule has 3 aromatic rings. The fourth-order valence-corrected chi connectivity index (χ4v) is 2.88. The maximum atomic E-state index is 13.7. The Morgan fingerprint density at radius 1 is 1.27 bits per heavy atom. The van der Waals surface area contributed by atoms with Crippen LogP contribution in [-0.2, 0) is 6.54 Å². The van der Waals surface area contributed by atoms with Crippen molar-refractivity contribution in [3.8, 4) is 17.4 Å². The van der Waals surface area contributed by atoms with Gasteiger partial charge in [0, 0.05) is 24.5 Å². The minimum atomic E-state index is -0.415. The maximum absolute atomic E-state index is 13.7. The van der Waals surface area contributed by atoms with E-state index in [4.69, 9.17) is 4.74 Å². The average Bonchev–Trinajstić information content (AvgIpc) is 3.25. The molecule has 1 aliphatic rings. The highest BCUT2D eigenvalue weighted by Crippen LogP contribution is 2.27. The molecule has 4 heterocycles. The first kappa shape index (κ1) is 16.4. The Hall–Kier alpha value is -3.07. The van der Waals surface area contributed by atoms with E-state index in [-0.39, 0.29) is 0 Å². The zero-order valence-corrected chi connectivity index (χ0v) is 14.5. The predicted octanol–water partition coefficient (Wildman–Crippen LogP) is 1.73. The molecule has 0 saturated carbocycles. The number of rotatable bonds is 5. The first-order valence-electron chi connectivity index (χ1n) is 8.30. The zero-order chi connectivity index (χ0) is 18.1. The second-order valence-electron chi connectivity index (χ2n) is 5.91. The second kappa shape index (κ2) is 6.68. The van der Waals surface area contributed by atoms with E-state index in [0.717, 1.165) is 5.57 Å². The highest BCUT2D eigenvalue weighted by Gasteiger charge is 2.20. The lowest BCUT2D eigenvalue weighted by Gasteiger charge is -2.09. The van der Waals surface area contributed by atoms with E-state index < -0.39 is 5.82 Å². The van der Waals surface area contributed by atoms with Gasteiger partial charge in [-0.1, -0.05) is 0 Å². The summed E-state index contributed by atoms with van der Waals surface area (Å²) in [6.45, 7) is 5.45. The standard InChI is InChI=1S/C17H18FN7O/c1-3-26-17-22-10(2)14-16(24-17)25(9-11-5-20-21-6-11)15(23-14)12-4-13(18)8-19-7-12/h4-5,7-8,20-21H,3,6,9H2,1-2H3. The van der Waals surface area contributed by atoms with E-state index in [9.17, 15) is 4.39 Å².